The SMILES string of the molecule is Cc1ccc(S(=O)(=O)N(C)CCO)cc1-c1nnc2c3ccccc3c(C)nn12. The second-order valence-corrected chi connectivity index (χ2v) is 8.96. The predicted octanol–water partition coefficient (Wildman–Crippen LogP) is 2.17. The zero-order chi connectivity index (χ0) is 20.8. The van der Waals surface area contributed by atoms with Crippen LogP contribution in [0.5, 0.6) is 0 Å². The van der Waals surface area contributed by atoms with Crippen LogP contribution in [0.1, 0.15) is 11.3 Å². The molecule has 2 aromatic heterocycles. The van der Waals surface area contributed by atoms with Gasteiger partial charge in [-0.15, -0.1) is 10.2 Å². The van der Waals surface area contributed by atoms with Crippen molar-refractivity contribution in [1.29, 1.82) is 0 Å². The third-order valence-electron chi connectivity index (χ3n) is 5.02. The quantitative estimate of drug-likeness (QED) is 0.540. The van der Waals surface area contributed by atoms with Crippen molar-refractivity contribution in [2.24, 2.45) is 0 Å². The van der Waals surface area contributed by atoms with Crippen LogP contribution in [0, 0.1) is 13.8 Å². The first-order valence-corrected chi connectivity index (χ1v) is 10.6. The molecule has 1 N–H and O–H groups in total. The van der Waals surface area contributed by atoms with E-state index in [-0.39, 0.29) is 18.0 Å². The van der Waals surface area contributed by atoms with Crippen LogP contribution in [0.4, 0.5) is 0 Å². The van der Waals surface area contributed by atoms with Gasteiger partial charge in [-0.3, -0.25) is 0 Å². The van der Waals surface area contributed by atoms with E-state index in [1.54, 1.807) is 22.7 Å². The fourth-order valence-electron chi connectivity index (χ4n) is 3.35. The van der Waals surface area contributed by atoms with Gasteiger partial charge in [-0.25, -0.2) is 8.42 Å². The van der Waals surface area contributed by atoms with Gasteiger partial charge >= 0.3 is 0 Å². The zero-order valence-corrected chi connectivity index (χ0v) is 17.2. The zero-order valence-electron chi connectivity index (χ0n) is 16.4. The number of sulfonamides is 1. The molecule has 2 aromatic carbocycles. The fourth-order valence-corrected chi connectivity index (χ4v) is 4.54. The third kappa shape index (κ3) is 3.17. The molecule has 0 aliphatic heterocycles. The predicted molar refractivity (Wildman–Crippen MR) is 110 cm³/mol. The molecule has 9 heteroatoms. The van der Waals surface area contributed by atoms with E-state index >= 15 is 0 Å². The van der Waals surface area contributed by atoms with E-state index in [2.05, 4.69) is 15.3 Å². The Labute approximate surface area is 168 Å². The van der Waals surface area contributed by atoms with Crippen molar-refractivity contribution in [1.82, 2.24) is 24.1 Å². The maximum absolute atomic E-state index is 12.8. The lowest BCUT2D eigenvalue weighted by molar-refractivity contribution is 0.266. The molecule has 0 unspecified atom stereocenters. The van der Waals surface area contributed by atoms with Gasteiger partial charge in [-0.05, 0) is 31.5 Å². The Morgan fingerprint density at radius 3 is 2.52 bits per heavy atom. The topological polar surface area (TPSA) is 101 Å². The van der Waals surface area contributed by atoms with Crippen LogP contribution in [0.25, 0.3) is 27.8 Å². The number of likely N-dealkylation sites (N-methyl/N-ethyl adjacent to an activating group) is 1. The average molecular weight is 411 g/mol. The van der Waals surface area contributed by atoms with Crippen LogP contribution >= 0.6 is 0 Å². The summed E-state index contributed by atoms with van der Waals surface area (Å²) in [5.74, 6) is 0.480. The van der Waals surface area contributed by atoms with Crippen molar-refractivity contribution in [3.63, 3.8) is 0 Å². The molecule has 0 saturated heterocycles. The number of fused-ring (bicyclic) bond motifs is 3. The van der Waals surface area contributed by atoms with Gasteiger partial charge < -0.3 is 5.11 Å². The molecule has 0 radical (unpaired) electrons. The molecule has 0 atom stereocenters. The van der Waals surface area contributed by atoms with Crippen molar-refractivity contribution in [2.45, 2.75) is 18.7 Å². The molecule has 0 saturated carbocycles. The number of rotatable bonds is 5. The number of hydrogen-bond acceptors (Lipinski definition) is 6. The summed E-state index contributed by atoms with van der Waals surface area (Å²) in [5.41, 5.74) is 2.94. The van der Waals surface area contributed by atoms with Crippen molar-refractivity contribution in [3.05, 3.63) is 53.7 Å². The molecule has 0 aliphatic carbocycles. The van der Waals surface area contributed by atoms with Gasteiger partial charge in [-0.2, -0.15) is 13.9 Å². The summed E-state index contributed by atoms with van der Waals surface area (Å²) >= 11 is 0. The van der Waals surface area contributed by atoms with E-state index in [4.69, 9.17) is 5.11 Å². The number of nitrogens with zero attached hydrogens (tertiary/aromatic N) is 5. The highest BCUT2D eigenvalue weighted by Crippen LogP contribution is 2.29. The Morgan fingerprint density at radius 1 is 1.07 bits per heavy atom. The number of aliphatic hydroxyl groups is 1. The lowest BCUT2D eigenvalue weighted by atomic mass is 10.1. The van der Waals surface area contributed by atoms with Crippen LogP contribution in [0.15, 0.2) is 47.4 Å². The summed E-state index contributed by atoms with van der Waals surface area (Å²) in [5, 5.41) is 24.3. The summed E-state index contributed by atoms with van der Waals surface area (Å²) in [7, 11) is -2.29. The number of benzene rings is 2. The molecule has 4 aromatic rings. The second-order valence-electron chi connectivity index (χ2n) is 6.92. The van der Waals surface area contributed by atoms with Gasteiger partial charge in [0.05, 0.1) is 17.2 Å². The molecule has 0 spiro atoms. The molecule has 2 heterocycles. The van der Waals surface area contributed by atoms with Gasteiger partial charge in [0, 0.05) is 29.9 Å². The molecule has 0 bridgehead atoms. The molecule has 0 aliphatic rings. The first-order valence-electron chi connectivity index (χ1n) is 9.13. The molecule has 0 amide bonds. The molecular formula is C20H21N5O3S. The minimum absolute atomic E-state index is 0.0200. The van der Waals surface area contributed by atoms with Crippen molar-refractivity contribution < 1.29 is 13.5 Å². The molecule has 4 rings (SSSR count). The van der Waals surface area contributed by atoms with Crippen LogP contribution in [0.3, 0.4) is 0 Å². The van der Waals surface area contributed by atoms with Crippen molar-refractivity contribution in [2.75, 3.05) is 20.2 Å². The van der Waals surface area contributed by atoms with Gasteiger partial charge in [0.15, 0.2) is 11.5 Å². The molecule has 150 valence electrons. The second kappa shape index (κ2) is 7.18. The number of aryl methyl sites for hydroxylation is 2. The lowest BCUT2D eigenvalue weighted by Crippen LogP contribution is -2.29. The van der Waals surface area contributed by atoms with E-state index in [9.17, 15) is 8.42 Å². The van der Waals surface area contributed by atoms with Gasteiger partial charge in [0.25, 0.3) is 0 Å². The third-order valence-corrected chi connectivity index (χ3v) is 6.87. The summed E-state index contributed by atoms with van der Waals surface area (Å²) in [6.07, 6.45) is 0. The normalized spacial score (nSPS) is 12.3. The average Bonchev–Trinajstić information content (AvgIpc) is 3.12. The van der Waals surface area contributed by atoms with Crippen LogP contribution < -0.4 is 0 Å². The van der Waals surface area contributed by atoms with E-state index in [1.807, 2.05) is 38.1 Å². The van der Waals surface area contributed by atoms with Gasteiger partial charge in [0.1, 0.15) is 0 Å². The Morgan fingerprint density at radius 2 is 1.79 bits per heavy atom. The summed E-state index contributed by atoms with van der Waals surface area (Å²) in [6, 6.07) is 12.7. The van der Waals surface area contributed by atoms with Crippen LogP contribution in [-0.4, -0.2) is 57.8 Å². The Kier molecular flexibility index (Phi) is 4.81. The number of hydrogen-bond donors (Lipinski definition) is 1. The van der Waals surface area contributed by atoms with Gasteiger partial charge in [0.2, 0.25) is 10.0 Å². The van der Waals surface area contributed by atoms with E-state index < -0.39 is 10.0 Å². The molecule has 0 fully saturated rings. The smallest absolute Gasteiger partial charge is 0.242 e. The van der Waals surface area contributed by atoms with Crippen molar-refractivity contribution >= 4 is 26.4 Å². The maximum Gasteiger partial charge on any atom is 0.242 e. The molecular weight excluding hydrogens is 390 g/mol. The van der Waals surface area contributed by atoms with E-state index in [0.717, 1.165) is 26.3 Å². The Bertz CT molecular complexity index is 1330. The first-order chi connectivity index (χ1) is 13.8. The van der Waals surface area contributed by atoms with Crippen LogP contribution in [0.2, 0.25) is 0 Å². The number of aromatic nitrogens is 4. The summed E-state index contributed by atoms with van der Waals surface area (Å²) < 4.78 is 28.4. The largest absolute Gasteiger partial charge is 0.395 e. The first kappa shape index (κ1) is 19.4. The van der Waals surface area contributed by atoms with Crippen molar-refractivity contribution in [3.8, 4) is 11.4 Å². The minimum Gasteiger partial charge on any atom is -0.395 e. The fraction of sp³-hybridized carbons (Fsp3) is 0.250. The lowest BCUT2D eigenvalue weighted by Gasteiger charge is -2.17. The maximum atomic E-state index is 12.8. The molecule has 8 nitrogen and oxygen atoms in total. The van der Waals surface area contributed by atoms with Crippen LogP contribution in [-0.2, 0) is 10.0 Å². The highest BCUT2D eigenvalue weighted by molar-refractivity contribution is 7.89. The minimum atomic E-state index is -3.73. The van der Waals surface area contributed by atoms with Gasteiger partial charge in [-0.1, -0.05) is 30.3 Å². The Hall–Kier alpha value is -2.88. The summed E-state index contributed by atoms with van der Waals surface area (Å²) in [6.45, 7) is 3.58. The van der Waals surface area contributed by atoms with E-state index in [0.29, 0.717) is 17.0 Å². The standard InChI is InChI=1S/C20H21N5O3S/c1-13-8-9-15(29(27,28)24(3)10-11-26)12-18(13)20-22-21-19-17-7-5-4-6-16(17)14(2)23-25(19)20/h4-9,12,26H,10-11H2,1-3H3. The highest BCUT2D eigenvalue weighted by atomic mass is 32.2. The summed E-state index contributed by atoms with van der Waals surface area (Å²) in [4.78, 5) is 0.128. The Balaban J connectivity index is 1.93. The monoisotopic (exact) mass is 411 g/mol. The van der Waals surface area contributed by atoms with E-state index in [1.165, 1.54) is 7.05 Å². The molecule has 29 heavy (non-hydrogen) atoms. The highest BCUT2D eigenvalue weighted by Gasteiger charge is 2.23. The number of aliphatic hydroxyl groups excluding tert-OH is 1.